The van der Waals surface area contributed by atoms with Crippen LogP contribution in [-0.2, 0) is 4.74 Å². The van der Waals surface area contributed by atoms with E-state index in [0.29, 0.717) is 0 Å². The van der Waals surface area contributed by atoms with Crippen LogP contribution >= 0.6 is 0 Å². The molecule has 0 aromatic carbocycles. The molecule has 1 unspecified atom stereocenters. The van der Waals surface area contributed by atoms with Crippen LogP contribution in [0, 0.1) is 6.10 Å². The molecule has 5 nitrogen and oxygen atoms in total. The lowest BCUT2D eigenvalue weighted by Gasteiger charge is -2.17. The van der Waals surface area contributed by atoms with Crippen LogP contribution in [0.5, 0.6) is 0 Å². The van der Waals surface area contributed by atoms with Crippen LogP contribution in [0.4, 0.5) is 0 Å². The van der Waals surface area contributed by atoms with Crippen molar-refractivity contribution in [2.45, 2.75) is 25.6 Å². The highest BCUT2D eigenvalue weighted by Crippen LogP contribution is 2.26. The van der Waals surface area contributed by atoms with Crippen LogP contribution in [-0.4, -0.2) is 39.2 Å². The lowest BCUT2D eigenvalue weighted by molar-refractivity contribution is -0.0110. The van der Waals surface area contributed by atoms with Gasteiger partial charge in [0.2, 0.25) is 5.76 Å². The molecule has 5 heteroatoms. The van der Waals surface area contributed by atoms with Crippen molar-refractivity contribution in [3.05, 3.63) is 17.6 Å². The fourth-order valence-corrected chi connectivity index (χ4v) is 1.09. The predicted molar refractivity (Wildman–Crippen MR) is 43.8 cm³/mol. The average molecular weight is 189 g/mol. The third kappa shape index (κ3) is 2.27. The van der Waals surface area contributed by atoms with Gasteiger partial charge in [-0.25, -0.2) is 0 Å². The Kier molecular flexibility index (Phi) is 3.02. The smallest absolute Gasteiger partial charge is 0.292 e. The van der Waals surface area contributed by atoms with Gasteiger partial charge in [0, 0.05) is 0 Å². The van der Waals surface area contributed by atoms with Crippen molar-refractivity contribution < 1.29 is 25.2 Å². The van der Waals surface area contributed by atoms with Crippen molar-refractivity contribution in [2.75, 3.05) is 6.61 Å². The summed E-state index contributed by atoms with van der Waals surface area (Å²) in [5.41, 5.74) is 0. The number of ether oxygens (including phenoxy) is 1. The van der Waals surface area contributed by atoms with Crippen LogP contribution in [0.25, 0.3) is 0 Å². The lowest BCUT2D eigenvalue weighted by atomic mass is 10.0. The topological polar surface area (TPSA) is 90.2 Å². The largest absolute Gasteiger partial charge is 0.506 e. The molecule has 0 spiro atoms. The summed E-state index contributed by atoms with van der Waals surface area (Å²) in [6.07, 6.45) is -1.68. The number of hydrogen-bond donors (Lipinski definition) is 4. The van der Waals surface area contributed by atoms with Gasteiger partial charge in [0.05, 0.1) is 6.10 Å². The predicted octanol–water partition coefficient (Wildman–Crippen LogP) is 0.00799. The molecule has 1 rings (SSSR count). The summed E-state index contributed by atoms with van der Waals surface area (Å²) >= 11 is 0. The standard InChI is InChI=1S/C8H12O5/c1-4(9)2-6-8(12)7(11)5(10)3-13-6/h4,8-9,12H,2-3H2,1H3,(H-,10,11)/p+1/t4?,8-/m0/s1. The molecule has 0 saturated heterocycles. The van der Waals surface area contributed by atoms with Crippen LogP contribution in [0.15, 0.2) is 11.5 Å². The average Bonchev–Trinajstić information content (AvgIpc) is 2.06. The van der Waals surface area contributed by atoms with E-state index < -0.39 is 18.0 Å². The summed E-state index contributed by atoms with van der Waals surface area (Å²) in [4.78, 5) is 0. The van der Waals surface area contributed by atoms with Gasteiger partial charge in [-0.15, -0.1) is 0 Å². The normalized spacial score (nSPS) is 26.4. The van der Waals surface area contributed by atoms with E-state index in [1.807, 2.05) is 0 Å². The molecule has 0 radical (unpaired) electrons. The van der Waals surface area contributed by atoms with Gasteiger partial charge < -0.3 is 20.4 Å². The highest BCUT2D eigenvalue weighted by Gasteiger charge is 2.43. The zero-order chi connectivity index (χ0) is 10.0. The van der Waals surface area contributed by atoms with Crippen LogP contribution in [0.1, 0.15) is 13.3 Å². The minimum atomic E-state index is -1.33. The van der Waals surface area contributed by atoms with Crippen molar-refractivity contribution in [1.82, 2.24) is 0 Å². The first kappa shape index (κ1) is 10.2. The van der Waals surface area contributed by atoms with Gasteiger partial charge in [-0.3, -0.25) is 0 Å². The Morgan fingerprint density at radius 2 is 2.23 bits per heavy atom. The lowest BCUT2D eigenvalue weighted by Crippen LogP contribution is -2.32. The molecule has 0 aromatic rings. The van der Waals surface area contributed by atoms with Crippen molar-refractivity contribution in [3.8, 4) is 0 Å². The third-order valence-electron chi connectivity index (χ3n) is 1.75. The zero-order valence-corrected chi connectivity index (χ0v) is 7.27. The van der Waals surface area contributed by atoms with Gasteiger partial charge >= 0.3 is 0 Å². The fraction of sp³-hybridized carbons (Fsp3) is 0.625. The van der Waals surface area contributed by atoms with E-state index in [9.17, 15) is 5.11 Å². The maximum absolute atomic E-state index is 9.32. The van der Waals surface area contributed by atoms with E-state index in [4.69, 9.17) is 20.1 Å². The van der Waals surface area contributed by atoms with E-state index in [1.54, 1.807) is 0 Å². The summed E-state index contributed by atoms with van der Waals surface area (Å²) in [5.74, 6) is -0.872. The molecule has 0 fully saturated rings. The minimum absolute atomic E-state index is 0.137. The highest BCUT2D eigenvalue weighted by molar-refractivity contribution is 5.16. The second-order valence-corrected chi connectivity index (χ2v) is 3.04. The van der Waals surface area contributed by atoms with E-state index in [1.165, 1.54) is 6.92 Å². The molecule has 0 bridgehead atoms. The number of aliphatic hydroxyl groups is 4. The second-order valence-electron chi connectivity index (χ2n) is 3.04. The molecule has 0 aromatic heterocycles. The Morgan fingerprint density at radius 3 is 2.77 bits per heavy atom. The molecular weight excluding hydrogens is 176 g/mol. The molecule has 4 N–H and O–H groups in total. The number of rotatable bonds is 2. The molecule has 2 atom stereocenters. The fourth-order valence-electron chi connectivity index (χ4n) is 1.09. The first-order valence-corrected chi connectivity index (χ1v) is 3.98. The summed E-state index contributed by atoms with van der Waals surface area (Å²) < 4.78 is 4.92. The number of aliphatic hydroxyl groups excluding tert-OH is 4. The maximum Gasteiger partial charge on any atom is 0.292 e. The summed E-state index contributed by atoms with van der Waals surface area (Å²) in [6.45, 7) is 1.38. The zero-order valence-electron chi connectivity index (χ0n) is 7.27. The van der Waals surface area contributed by atoms with Crippen molar-refractivity contribution in [2.24, 2.45) is 0 Å². The Labute approximate surface area is 75.9 Å². The van der Waals surface area contributed by atoms with E-state index in [2.05, 4.69) is 0 Å². The monoisotopic (exact) mass is 189 g/mol. The van der Waals surface area contributed by atoms with Gasteiger partial charge in [0.1, 0.15) is 0 Å². The molecule has 74 valence electrons. The van der Waals surface area contributed by atoms with Crippen molar-refractivity contribution in [1.29, 1.82) is 0 Å². The molecule has 1 aliphatic heterocycles. The van der Waals surface area contributed by atoms with Crippen LogP contribution in [0.2, 0.25) is 0 Å². The quantitative estimate of drug-likeness (QED) is 0.459. The van der Waals surface area contributed by atoms with Gasteiger partial charge in [-0.1, -0.05) is 0 Å². The summed E-state index contributed by atoms with van der Waals surface area (Å²) in [6, 6.07) is 0. The van der Waals surface area contributed by atoms with E-state index in [-0.39, 0.29) is 24.9 Å². The molecular formula is C8H13O5+. The highest BCUT2D eigenvalue weighted by atomic mass is 16.5. The molecule has 0 amide bonds. The van der Waals surface area contributed by atoms with E-state index in [0.717, 1.165) is 0 Å². The molecule has 13 heavy (non-hydrogen) atoms. The van der Waals surface area contributed by atoms with E-state index >= 15 is 0 Å². The minimum Gasteiger partial charge on any atom is -0.506 e. The summed E-state index contributed by atoms with van der Waals surface area (Å²) in [7, 11) is 0. The van der Waals surface area contributed by atoms with Crippen LogP contribution in [0.3, 0.4) is 0 Å². The van der Waals surface area contributed by atoms with Gasteiger partial charge in [0.25, 0.3) is 12.2 Å². The molecule has 1 heterocycles. The maximum atomic E-state index is 9.32. The number of hydrogen-bond acceptors (Lipinski definition) is 5. The van der Waals surface area contributed by atoms with Crippen LogP contribution < -0.4 is 0 Å². The summed E-state index contributed by atoms with van der Waals surface area (Å²) in [5, 5.41) is 36.4. The SMILES string of the molecule is CC(O)C[C+]1OCC(O)=C(O)[C@H]1O. The third-order valence-corrected chi connectivity index (χ3v) is 1.75. The van der Waals surface area contributed by atoms with Gasteiger partial charge in [-0.2, -0.15) is 4.74 Å². The Hall–Kier alpha value is -0.910. The molecule has 1 aliphatic rings. The Bertz CT molecular complexity index is 211. The van der Waals surface area contributed by atoms with Gasteiger partial charge in [-0.05, 0) is 6.92 Å². The van der Waals surface area contributed by atoms with Crippen molar-refractivity contribution >= 4 is 0 Å². The Morgan fingerprint density at radius 1 is 1.62 bits per heavy atom. The van der Waals surface area contributed by atoms with Gasteiger partial charge in [0.15, 0.2) is 18.8 Å². The first-order chi connectivity index (χ1) is 6.02. The Balaban J connectivity index is 2.63. The molecule has 0 saturated carbocycles. The first-order valence-electron chi connectivity index (χ1n) is 3.98. The molecule has 0 aliphatic carbocycles. The van der Waals surface area contributed by atoms with Crippen molar-refractivity contribution in [3.63, 3.8) is 0 Å². The second kappa shape index (κ2) is 3.87.